The Balaban J connectivity index is 1.47. The van der Waals surface area contributed by atoms with Crippen LogP contribution in [0.4, 0.5) is 0 Å². The number of imidazole rings is 1. The number of halogens is 1. The van der Waals surface area contributed by atoms with Crippen LogP contribution in [0.1, 0.15) is 42.6 Å². The average Bonchev–Trinajstić information content (AvgIpc) is 3.10. The van der Waals surface area contributed by atoms with E-state index in [1.54, 1.807) is 22.9 Å². The summed E-state index contributed by atoms with van der Waals surface area (Å²) in [5.74, 6) is -0.103. The number of nitrogens with one attached hydrogen (secondary N) is 1. The summed E-state index contributed by atoms with van der Waals surface area (Å²) in [6.07, 6.45) is 9.64. The van der Waals surface area contributed by atoms with Crippen molar-refractivity contribution in [2.45, 2.75) is 37.6 Å². The van der Waals surface area contributed by atoms with E-state index in [4.69, 9.17) is 11.6 Å². The molecule has 0 aromatic carbocycles. The first kappa shape index (κ1) is 18.7. The zero-order chi connectivity index (χ0) is 18.9. The molecule has 7 heteroatoms. The molecule has 0 unspecified atom stereocenters. The summed E-state index contributed by atoms with van der Waals surface area (Å²) in [4.78, 5) is 22.2. The number of fused-ring (bicyclic) bond motifs is 1. The van der Waals surface area contributed by atoms with Crippen LogP contribution in [0.25, 0.3) is 5.65 Å². The molecule has 0 radical (unpaired) electrons. The topological polar surface area (TPSA) is 52.9 Å². The Kier molecular flexibility index (Phi) is 5.39. The maximum absolute atomic E-state index is 12.8. The van der Waals surface area contributed by atoms with Crippen molar-refractivity contribution in [2.75, 3.05) is 39.8 Å². The van der Waals surface area contributed by atoms with Gasteiger partial charge in [-0.25, -0.2) is 4.98 Å². The van der Waals surface area contributed by atoms with E-state index in [-0.39, 0.29) is 11.4 Å². The van der Waals surface area contributed by atoms with Gasteiger partial charge in [0.15, 0.2) is 0 Å². The van der Waals surface area contributed by atoms with Crippen LogP contribution in [0.15, 0.2) is 24.5 Å². The fraction of sp³-hybridized carbons (Fsp3) is 0.600. The van der Waals surface area contributed by atoms with Crippen molar-refractivity contribution in [3.63, 3.8) is 0 Å². The van der Waals surface area contributed by atoms with Crippen molar-refractivity contribution >= 4 is 23.2 Å². The molecule has 2 aliphatic rings. The van der Waals surface area contributed by atoms with Crippen LogP contribution in [0.2, 0.25) is 5.02 Å². The molecule has 2 aromatic heterocycles. The highest BCUT2D eigenvalue weighted by molar-refractivity contribution is 6.30. The van der Waals surface area contributed by atoms with Gasteiger partial charge in [-0.1, -0.05) is 30.9 Å². The first-order valence-electron chi connectivity index (χ1n) is 9.92. The van der Waals surface area contributed by atoms with Crippen LogP contribution in [-0.2, 0) is 0 Å². The van der Waals surface area contributed by atoms with E-state index in [2.05, 4.69) is 27.1 Å². The molecule has 2 fully saturated rings. The summed E-state index contributed by atoms with van der Waals surface area (Å²) < 4.78 is 1.80. The molecule has 1 aliphatic carbocycles. The van der Waals surface area contributed by atoms with Crippen LogP contribution in [0, 0.1) is 0 Å². The van der Waals surface area contributed by atoms with Crippen molar-refractivity contribution in [3.8, 4) is 0 Å². The lowest BCUT2D eigenvalue weighted by molar-refractivity contribution is 0.0138. The number of amides is 1. The molecule has 1 saturated carbocycles. The van der Waals surface area contributed by atoms with Crippen LogP contribution in [0.3, 0.4) is 0 Å². The third-order valence-electron chi connectivity index (χ3n) is 6.18. The lowest BCUT2D eigenvalue weighted by Crippen LogP contribution is -2.61. The highest BCUT2D eigenvalue weighted by atomic mass is 35.5. The van der Waals surface area contributed by atoms with Gasteiger partial charge in [0.25, 0.3) is 5.91 Å². The van der Waals surface area contributed by atoms with Crippen LogP contribution < -0.4 is 5.32 Å². The van der Waals surface area contributed by atoms with Crippen molar-refractivity contribution in [2.24, 2.45) is 0 Å². The van der Waals surface area contributed by atoms with Gasteiger partial charge in [-0.15, -0.1) is 0 Å². The molecule has 27 heavy (non-hydrogen) atoms. The number of pyridine rings is 1. The van der Waals surface area contributed by atoms with Crippen molar-refractivity contribution in [3.05, 3.63) is 35.2 Å². The van der Waals surface area contributed by atoms with Gasteiger partial charge in [0, 0.05) is 50.7 Å². The zero-order valence-corrected chi connectivity index (χ0v) is 16.7. The van der Waals surface area contributed by atoms with Crippen molar-refractivity contribution < 1.29 is 4.79 Å². The van der Waals surface area contributed by atoms with Crippen LogP contribution >= 0.6 is 11.6 Å². The maximum Gasteiger partial charge on any atom is 0.271 e. The SMILES string of the molecule is CN1CCN(C2(CNC(=O)c3cn4cc(Cl)ccc4n3)CCCCC2)CC1. The number of hydrogen-bond acceptors (Lipinski definition) is 4. The Morgan fingerprint density at radius 1 is 1.15 bits per heavy atom. The molecule has 146 valence electrons. The predicted octanol–water partition coefficient (Wildman–Crippen LogP) is 2.67. The van der Waals surface area contributed by atoms with E-state index in [0.29, 0.717) is 17.3 Å². The molecule has 1 aliphatic heterocycles. The van der Waals surface area contributed by atoms with Gasteiger partial charge in [0.05, 0.1) is 5.02 Å². The number of carbonyl (C=O) groups is 1. The Labute approximate surface area is 165 Å². The number of piperazine rings is 1. The third-order valence-corrected chi connectivity index (χ3v) is 6.41. The molecule has 0 bridgehead atoms. The van der Waals surface area contributed by atoms with Gasteiger partial charge >= 0.3 is 0 Å². The molecule has 1 amide bonds. The average molecular weight is 390 g/mol. The molecule has 1 N–H and O–H groups in total. The lowest BCUT2D eigenvalue weighted by Gasteiger charge is -2.49. The van der Waals surface area contributed by atoms with E-state index in [1.807, 2.05) is 6.07 Å². The minimum absolute atomic E-state index is 0.0949. The number of rotatable bonds is 4. The fourth-order valence-electron chi connectivity index (χ4n) is 4.50. The zero-order valence-electron chi connectivity index (χ0n) is 16.0. The quantitative estimate of drug-likeness (QED) is 0.873. The van der Waals surface area contributed by atoms with E-state index >= 15 is 0 Å². The molecular formula is C20H28ClN5O. The first-order chi connectivity index (χ1) is 13.1. The Morgan fingerprint density at radius 3 is 2.63 bits per heavy atom. The normalized spacial score (nSPS) is 21.4. The van der Waals surface area contributed by atoms with E-state index in [1.165, 1.54) is 19.3 Å². The summed E-state index contributed by atoms with van der Waals surface area (Å²) in [6, 6.07) is 3.61. The second-order valence-corrected chi connectivity index (χ2v) is 8.43. The molecule has 6 nitrogen and oxygen atoms in total. The minimum Gasteiger partial charge on any atom is -0.349 e. The largest absolute Gasteiger partial charge is 0.349 e. The molecule has 1 saturated heterocycles. The highest BCUT2D eigenvalue weighted by Gasteiger charge is 2.39. The van der Waals surface area contributed by atoms with Gasteiger partial charge < -0.3 is 14.6 Å². The smallest absolute Gasteiger partial charge is 0.271 e. The second-order valence-electron chi connectivity index (χ2n) is 8.00. The van der Waals surface area contributed by atoms with Gasteiger partial charge in [0.1, 0.15) is 11.3 Å². The first-order valence-corrected chi connectivity index (χ1v) is 10.3. The third kappa shape index (κ3) is 3.98. The Hall–Kier alpha value is -1.63. The van der Waals surface area contributed by atoms with Crippen molar-refractivity contribution in [1.29, 1.82) is 0 Å². The number of aromatic nitrogens is 2. The molecule has 0 spiro atoms. The second kappa shape index (κ2) is 7.78. The summed E-state index contributed by atoms with van der Waals surface area (Å²) in [5, 5.41) is 3.82. The Bertz CT molecular complexity index is 806. The maximum atomic E-state index is 12.8. The summed E-state index contributed by atoms with van der Waals surface area (Å²) >= 11 is 6.03. The molecule has 0 atom stereocenters. The molecular weight excluding hydrogens is 362 g/mol. The number of hydrogen-bond donors (Lipinski definition) is 1. The van der Waals surface area contributed by atoms with E-state index < -0.39 is 0 Å². The van der Waals surface area contributed by atoms with E-state index in [9.17, 15) is 4.79 Å². The summed E-state index contributed by atoms with van der Waals surface area (Å²) in [7, 11) is 2.18. The standard InChI is InChI=1S/C20H28ClN5O/c1-24-9-11-26(12-10-24)20(7-3-2-4-8-20)15-22-19(27)17-14-25-13-16(21)5-6-18(25)23-17/h5-6,13-14H,2-4,7-12,15H2,1H3,(H,22,27). The van der Waals surface area contributed by atoms with Gasteiger partial charge in [-0.3, -0.25) is 9.69 Å². The molecule has 3 heterocycles. The summed E-state index contributed by atoms with van der Waals surface area (Å²) in [5.41, 5.74) is 1.27. The monoisotopic (exact) mass is 389 g/mol. The predicted molar refractivity (Wildman–Crippen MR) is 107 cm³/mol. The minimum atomic E-state index is -0.103. The highest BCUT2D eigenvalue weighted by Crippen LogP contribution is 2.34. The van der Waals surface area contributed by atoms with E-state index in [0.717, 1.165) is 44.7 Å². The molecule has 2 aromatic rings. The molecule has 4 rings (SSSR count). The summed E-state index contributed by atoms with van der Waals surface area (Å²) in [6.45, 7) is 5.06. The Morgan fingerprint density at radius 2 is 1.89 bits per heavy atom. The van der Waals surface area contributed by atoms with Crippen LogP contribution in [0.5, 0.6) is 0 Å². The van der Waals surface area contributed by atoms with Gasteiger partial charge in [0.2, 0.25) is 0 Å². The van der Waals surface area contributed by atoms with Crippen molar-refractivity contribution in [1.82, 2.24) is 24.5 Å². The lowest BCUT2D eigenvalue weighted by atomic mass is 9.79. The van der Waals surface area contributed by atoms with Gasteiger partial charge in [-0.2, -0.15) is 0 Å². The van der Waals surface area contributed by atoms with Gasteiger partial charge in [-0.05, 0) is 32.0 Å². The number of carbonyl (C=O) groups excluding carboxylic acids is 1. The van der Waals surface area contributed by atoms with Crippen LogP contribution in [-0.4, -0.2) is 70.4 Å². The number of likely N-dealkylation sites (N-methyl/N-ethyl adjacent to an activating group) is 1. The number of nitrogens with zero attached hydrogens (tertiary/aromatic N) is 4. The fourth-order valence-corrected chi connectivity index (χ4v) is 4.67.